The average Bonchev–Trinajstić information content (AvgIpc) is 3.26. The molecule has 0 atom stereocenters. The Bertz CT molecular complexity index is 419. The fourth-order valence-electron chi connectivity index (χ4n) is 2.61. The Morgan fingerprint density at radius 2 is 1.48 bits per heavy atom. The van der Waals surface area contributed by atoms with E-state index in [0.717, 1.165) is 24.0 Å². The van der Waals surface area contributed by atoms with E-state index in [4.69, 9.17) is 9.84 Å². The molecule has 0 bridgehead atoms. The van der Waals surface area contributed by atoms with Gasteiger partial charge in [0.15, 0.2) is 11.5 Å². The minimum absolute atomic E-state index is 0.797. The lowest BCUT2D eigenvalue weighted by Gasteiger charge is -2.01. The third-order valence-corrected chi connectivity index (χ3v) is 4.04. The van der Waals surface area contributed by atoms with Gasteiger partial charge < -0.3 is 9.84 Å². The number of carboxylic acids is 1. The van der Waals surface area contributed by atoms with Crippen molar-refractivity contribution in [3.63, 3.8) is 0 Å². The van der Waals surface area contributed by atoms with Gasteiger partial charge in [-0.05, 0) is 25.0 Å². The second-order valence-corrected chi connectivity index (χ2v) is 6.22. The molecule has 1 N–H and O–H groups in total. The molecule has 1 fully saturated rings. The van der Waals surface area contributed by atoms with Gasteiger partial charge in [0.2, 0.25) is 0 Å². The molecule has 0 unspecified atom stereocenters. The first-order valence-corrected chi connectivity index (χ1v) is 9.23. The Hall–Kier alpha value is -1.51. The van der Waals surface area contributed by atoms with E-state index < -0.39 is 5.97 Å². The minimum Gasteiger partial charge on any atom is -0.478 e. The molecule has 0 aromatic rings. The van der Waals surface area contributed by atoms with Crippen molar-refractivity contribution in [1.29, 1.82) is 0 Å². The molecule has 0 radical (unpaired) electrons. The van der Waals surface area contributed by atoms with Crippen molar-refractivity contribution in [3.8, 4) is 0 Å². The van der Waals surface area contributed by atoms with Crippen LogP contribution in [0.25, 0.3) is 0 Å². The van der Waals surface area contributed by atoms with Crippen molar-refractivity contribution in [1.82, 2.24) is 0 Å². The first-order valence-electron chi connectivity index (χ1n) is 9.23. The van der Waals surface area contributed by atoms with Crippen molar-refractivity contribution < 1.29 is 14.6 Å². The second-order valence-electron chi connectivity index (χ2n) is 6.22. The van der Waals surface area contributed by atoms with Gasteiger partial charge in [-0.15, -0.1) is 0 Å². The zero-order valence-electron chi connectivity index (χ0n) is 14.6. The molecule has 130 valence electrons. The van der Waals surface area contributed by atoms with Crippen LogP contribution in [-0.2, 0) is 9.53 Å². The number of unbranched alkanes of at least 4 members (excludes halogenated alkanes) is 11. The van der Waals surface area contributed by atoms with Crippen molar-refractivity contribution in [2.45, 2.75) is 84.0 Å². The monoisotopic (exact) mass is 320 g/mol. The molecule has 3 heteroatoms. The fourth-order valence-corrected chi connectivity index (χ4v) is 2.61. The molecular weight excluding hydrogens is 288 g/mol. The van der Waals surface area contributed by atoms with Gasteiger partial charge in [-0.25, -0.2) is 4.79 Å². The van der Waals surface area contributed by atoms with Crippen molar-refractivity contribution in [2.24, 2.45) is 0 Å². The number of carbonyl (C=O) groups is 1. The lowest BCUT2D eigenvalue weighted by molar-refractivity contribution is -0.131. The summed E-state index contributed by atoms with van der Waals surface area (Å²) >= 11 is 0. The number of ether oxygens (including phenoxy) is 1. The lowest BCUT2D eigenvalue weighted by Crippen LogP contribution is -1.84. The maximum atomic E-state index is 10.3. The molecular formula is C20H32O3. The Balaban J connectivity index is 1.87. The van der Waals surface area contributed by atoms with Gasteiger partial charge in [-0.2, -0.15) is 0 Å². The van der Waals surface area contributed by atoms with E-state index in [2.05, 4.69) is 13.0 Å². The van der Waals surface area contributed by atoms with E-state index >= 15 is 0 Å². The van der Waals surface area contributed by atoms with Crippen LogP contribution in [0, 0.1) is 0 Å². The van der Waals surface area contributed by atoms with Crippen molar-refractivity contribution in [2.75, 3.05) is 0 Å². The summed E-state index contributed by atoms with van der Waals surface area (Å²) in [4.78, 5) is 10.3. The molecule has 1 heterocycles. The molecule has 0 aromatic carbocycles. The van der Waals surface area contributed by atoms with Crippen LogP contribution in [0.4, 0.5) is 0 Å². The highest BCUT2D eigenvalue weighted by atomic mass is 16.6. The zero-order chi connectivity index (χ0) is 16.8. The Morgan fingerprint density at radius 1 is 0.913 bits per heavy atom. The topological polar surface area (TPSA) is 49.8 Å². The van der Waals surface area contributed by atoms with Crippen molar-refractivity contribution in [3.05, 3.63) is 35.8 Å². The van der Waals surface area contributed by atoms with Crippen LogP contribution in [0.5, 0.6) is 0 Å². The molecule has 0 aromatic heterocycles. The summed E-state index contributed by atoms with van der Waals surface area (Å²) in [5.74, 6) is 0.770. The molecule has 1 aliphatic heterocycles. The van der Waals surface area contributed by atoms with E-state index in [1.54, 1.807) is 6.08 Å². The first-order chi connectivity index (χ1) is 11.2. The van der Waals surface area contributed by atoms with E-state index in [1.807, 2.05) is 0 Å². The molecule has 0 spiro atoms. The predicted molar refractivity (Wildman–Crippen MR) is 95.1 cm³/mol. The van der Waals surface area contributed by atoms with Gasteiger partial charge in [-0.1, -0.05) is 77.2 Å². The molecule has 23 heavy (non-hydrogen) atoms. The lowest BCUT2D eigenvalue weighted by atomic mass is 10.1. The van der Waals surface area contributed by atoms with Gasteiger partial charge in [-0.3, -0.25) is 0 Å². The molecule has 1 aliphatic rings. The van der Waals surface area contributed by atoms with Gasteiger partial charge in [0.05, 0.1) is 0 Å². The zero-order valence-corrected chi connectivity index (χ0v) is 14.6. The Labute approximate surface area is 141 Å². The molecule has 0 saturated carbocycles. The highest BCUT2D eigenvalue weighted by Gasteiger charge is 2.22. The van der Waals surface area contributed by atoms with Crippen LogP contribution >= 0.6 is 0 Å². The average molecular weight is 320 g/mol. The summed E-state index contributed by atoms with van der Waals surface area (Å²) < 4.78 is 5.28. The minimum atomic E-state index is -0.936. The van der Waals surface area contributed by atoms with Gasteiger partial charge >= 0.3 is 5.97 Å². The predicted octanol–water partition coefficient (Wildman–Crippen LogP) is 6.13. The quantitative estimate of drug-likeness (QED) is 0.238. The van der Waals surface area contributed by atoms with Crippen LogP contribution in [0.1, 0.15) is 84.0 Å². The Kier molecular flexibility index (Phi) is 11.0. The van der Waals surface area contributed by atoms with E-state index in [9.17, 15) is 4.79 Å². The first kappa shape index (κ1) is 19.5. The van der Waals surface area contributed by atoms with Gasteiger partial charge in [0, 0.05) is 6.08 Å². The third kappa shape index (κ3) is 11.7. The summed E-state index contributed by atoms with van der Waals surface area (Å²) in [5, 5.41) is 8.47. The molecule has 1 saturated heterocycles. The van der Waals surface area contributed by atoms with Crippen molar-refractivity contribution >= 4 is 5.97 Å². The molecule has 0 aliphatic carbocycles. The van der Waals surface area contributed by atoms with E-state index in [0.29, 0.717) is 0 Å². The van der Waals surface area contributed by atoms with Gasteiger partial charge in [0.25, 0.3) is 0 Å². The largest absolute Gasteiger partial charge is 0.478 e. The van der Waals surface area contributed by atoms with Crippen LogP contribution in [-0.4, -0.2) is 11.1 Å². The number of carboxylic acid groups (broad SMARTS) is 1. The summed E-state index contributed by atoms with van der Waals surface area (Å²) in [6.45, 7) is 2.26. The van der Waals surface area contributed by atoms with E-state index in [-0.39, 0.29) is 0 Å². The molecule has 0 amide bonds. The highest BCUT2D eigenvalue weighted by molar-refractivity contribution is 5.80. The van der Waals surface area contributed by atoms with Gasteiger partial charge in [0.1, 0.15) is 0 Å². The SMILES string of the molecule is CCCCCCCCCCCCC\C=C1/O/C1=C\C=C\C(=O)O. The smallest absolute Gasteiger partial charge is 0.328 e. The second kappa shape index (κ2) is 13.0. The summed E-state index contributed by atoms with van der Waals surface area (Å²) in [7, 11) is 0. The maximum Gasteiger partial charge on any atom is 0.328 e. The number of allylic oxidation sites excluding steroid dienone is 3. The normalized spacial score (nSPS) is 17.1. The number of rotatable bonds is 14. The summed E-state index contributed by atoms with van der Waals surface area (Å²) in [6, 6.07) is 0. The number of epoxide rings is 1. The molecule has 3 nitrogen and oxygen atoms in total. The highest BCUT2D eigenvalue weighted by Crippen LogP contribution is 2.32. The maximum absolute atomic E-state index is 10.3. The standard InChI is InChI=1S/C20H32O3/c1-2-3-4-5-6-7-8-9-10-11-12-13-15-18-19(23-18)16-14-17-20(21)22/h14-17H,2-13H2,1H3,(H,21,22)/b17-14+,18-15-,19-16-. The van der Waals surface area contributed by atoms with Crippen LogP contribution < -0.4 is 0 Å². The Morgan fingerprint density at radius 3 is 2.04 bits per heavy atom. The molecule has 1 rings (SSSR count). The van der Waals surface area contributed by atoms with E-state index in [1.165, 1.54) is 76.7 Å². The fraction of sp³-hybridized carbons (Fsp3) is 0.650. The summed E-state index contributed by atoms with van der Waals surface area (Å²) in [6.07, 6.45) is 22.4. The summed E-state index contributed by atoms with van der Waals surface area (Å²) in [5.41, 5.74) is 0. The number of aliphatic carboxylic acids is 1. The van der Waals surface area contributed by atoms with Crippen LogP contribution in [0.2, 0.25) is 0 Å². The van der Waals surface area contributed by atoms with Crippen LogP contribution in [0.15, 0.2) is 35.8 Å². The number of hydrogen-bond acceptors (Lipinski definition) is 2. The third-order valence-electron chi connectivity index (χ3n) is 4.04. The van der Waals surface area contributed by atoms with Crippen LogP contribution in [0.3, 0.4) is 0 Å². The number of hydrogen-bond donors (Lipinski definition) is 1.